The highest BCUT2D eigenvalue weighted by Crippen LogP contribution is 2.33. The standard InChI is InChI=1S/C31H30N2O6S/c1-5-37-31(36)27-19(2)21(4)40-30(27)33-29(35)22-11-15-25(16-12-22)38-20(3)28(34)32-23-13-17-26(18-14-23)39-24-9-7-6-8-10-24/h6-18,20H,5H2,1-4H3,(H,32,34)(H,33,35). The van der Waals surface area contributed by atoms with E-state index < -0.39 is 12.1 Å². The molecule has 1 unspecified atom stereocenters. The molecule has 3 aromatic carbocycles. The molecule has 0 saturated carbocycles. The first kappa shape index (κ1) is 28.4. The second-order valence-corrected chi connectivity index (χ2v) is 10.1. The van der Waals surface area contributed by atoms with Crippen LogP contribution in [0.5, 0.6) is 17.2 Å². The Morgan fingerprint density at radius 1 is 0.825 bits per heavy atom. The molecule has 2 amide bonds. The predicted molar refractivity (Wildman–Crippen MR) is 156 cm³/mol. The van der Waals surface area contributed by atoms with E-state index in [-0.39, 0.29) is 18.4 Å². The third kappa shape index (κ3) is 7.06. The maximum absolute atomic E-state index is 12.9. The molecule has 1 heterocycles. The number of para-hydroxylation sites is 1. The highest BCUT2D eigenvalue weighted by molar-refractivity contribution is 7.16. The van der Waals surface area contributed by atoms with Crippen LogP contribution in [0, 0.1) is 13.8 Å². The largest absolute Gasteiger partial charge is 0.481 e. The summed E-state index contributed by atoms with van der Waals surface area (Å²) in [5, 5.41) is 6.08. The van der Waals surface area contributed by atoms with E-state index in [4.69, 9.17) is 14.2 Å². The number of nitrogens with one attached hydrogen (secondary N) is 2. The number of amides is 2. The lowest BCUT2D eigenvalue weighted by molar-refractivity contribution is -0.122. The molecule has 0 saturated heterocycles. The van der Waals surface area contributed by atoms with Crippen molar-refractivity contribution in [1.82, 2.24) is 0 Å². The molecule has 0 aliphatic heterocycles. The molecule has 206 valence electrons. The maximum atomic E-state index is 12.9. The monoisotopic (exact) mass is 558 g/mol. The van der Waals surface area contributed by atoms with Gasteiger partial charge in [-0.05, 0) is 93.9 Å². The van der Waals surface area contributed by atoms with Crippen LogP contribution in [0.1, 0.15) is 45.0 Å². The Morgan fingerprint density at radius 3 is 2.10 bits per heavy atom. The summed E-state index contributed by atoms with van der Waals surface area (Å²) in [6.07, 6.45) is -0.788. The fourth-order valence-electron chi connectivity index (χ4n) is 3.76. The summed E-state index contributed by atoms with van der Waals surface area (Å²) < 4.78 is 16.7. The number of carbonyl (C=O) groups excluding carboxylic acids is 3. The topological polar surface area (TPSA) is 103 Å². The maximum Gasteiger partial charge on any atom is 0.341 e. The van der Waals surface area contributed by atoms with Crippen LogP contribution in [0.3, 0.4) is 0 Å². The number of hydrogen-bond donors (Lipinski definition) is 2. The summed E-state index contributed by atoms with van der Waals surface area (Å²) in [6.45, 7) is 7.33. The van der Waals surface area contributed by atoms with Gasteiger partial charge in [0.15, 0.2) is 6.10 Å². The zero-order valence-electron chi connectivity index (χ0n) is 22.6. The molecule has 4 aromatic rings. The number of esters is 1. The lowest BCUT2D eigenvalue weighted by Gasteiger charge is -2.15. The Morgan fingerprint density at radius 2 is 1.45 bits per heavy atom. The van der Waals surface area contributed by atoms with Gasteiger partial charge >= 0.3 is 5.97 Å². The first-order valence-electron chi connectivity index (χ1n) is 12.7. The van der Waals surface area contributed by atoms with Crippen LogP contribution in [0.15, 0.2) is 78.9 Å². The molecule has 9 heteroatoms. The summed E-state index contributed by atoms with van der Waals surface area (Å²) in [7, 11) is 0. The predicted octanol–water partition coefficient (Wildman–Crippen LogP) is 6.99. The Hall–Kier alpha value is -4.63. The van der Waals surface area contributed by atoms with E-state index in [1.54, 1.807) is 62.4 Å². The number of rotatable bonds is 10. The van der Waals surface area contributed by atoms with Crippen molar-refractivity contribution in [1.29, 1.82) is 0 Å². The van der Waals surface area contributed by atoms with Gasteiger partial charge in [-0.25, -0.2) is 4.79 Å². The first-order chi connectivity index (χ1) is 19.2. The average Bonchev–Trinajstić information content (AvgIpc) is 3.23. The van der Waals surface area contributed by atoms with Crippen molar-refractivity contribution in [3.63, 3.8) is 0 Å². The summed E-state index contributed by atoms with van der Waals surface area (Å²) in [5.74, 6) is 0.646. The molecule has 2 N–H and O–H groups in total. The minimum absolute atomic E-state index is 0.245. The first-order valence-corrected chi connectivity index (χ1v) is 13.6. The Bertz CT molecular complexity index is 1480. The van der Waals surface area contributed by atoms with Crippen molar-refractivity contribution in [2.24, 2.45) is 0 Å². The Kier molecular flexibility index (Phi) is 9.19. The van der Waals surface area contributed by atoms with Gasteiger partial charge in [-0.3, -0.25) is 9.59 Å². The molecule has 0 fully saturated rings. The smallest absolute Gasteiger partial charge is 0.341 e. The molecule has 0 radical (unpaired) electrons. The molecule has 8 nitrogen and oxygen atoms in total. The minimum Gasteiger partial charge on any atom is -0.481 e. The van der Waals surface area contributed by atoms with Crippen molar-refractivity contribution in [2.45, 2.75) is 33.8 Å². The number of aryl methyl sites for hydroxylation is 1. The highest BCUT2D eigenvalue weighted by atomic mass is 32.1. The summed E-state index contributed by atoms with van der Waals surface area (Å²) >= 11 is 1.33. The van der Waals surface area contributed by atoms with Crippen molar-refractivity contribution in [3.8, 4) is 17.2 Å². The Balaban J connectivity index is 1.32. The van der Waals surface area contributed by atoms with Gasteiger partial charge in [-0.15, -0.1) is 11.3 Å². The molecule has 1 atom stereocenters. The van der Waals surface area contributed by atoms with Crippen molar-refractivity contribution >= 4 is 39.8 Å². The fraction of sp³-hybridized carbons (Fsp3) is 0.194. The zero-order chi connectivity index (χ0) is 28.6. The number of hydrogen-bond acceptors (Lipinski definition) is 7. The van der Waals surface area contributed by atoms with Crippen LogP contribution in [-0.4, -0.2) is 30.5 Å². The van der Waals surface area contributed by atoms with Gasteiger partial charge in [0.25, 0.3) is 11.8 Å². The Labute approximate surface area is 236 Å². The van der Waals surface area contributed by atoms with E-state index >= 15 is 0 Å². The number of carbonyl (C=O) groups is 3. The van der Waals surface area contributed by atoms with Gasteiger partial charge in [0.1, 0.15) is 22.2 Å². The normalized spacial score (nSPS) is 11.3. The van der Waals surface area contributed by atoms with Gasteiger partial charge in [-0.2, -0.15) is 0 Å². The van der Waals surface area contributed by atoms with Crippen LogP contribution in [0.25, 0.3) is 0 Å². The number of thiophene rings is 1. The quantitative estimate of drug-likeness (QED) is 0.203. The molecule has 0 bridgehead atoms. The molecular weight excluding hydrogens is 528 g/mol. The van der Waals surface area contributed by atoms with Gasteiger partial charge < -0.3 is 24.8 Å². The summed E-state index contributed by atoms with van der Waals surface area (Å²) in [5.41, 5.74) is 2.14. The second-order valence-electron chi connectivity index (χ2n) is 8.88. The van der Waals surface area contributed by atoms with E-state index in [0.29, 0.717) is 33.3 Å². The van der Waals surface area contributed by atoms with Gasteiger partial charge in [0, 0.05) is 16.1 Å². The lowest BCUT2D eigenvalue weighted by Crippen LogP contribution is -2.30. The summed E-state index contributed by atoms with van der Waals surface area (Å²) in [6, 6.07) is 22.9. The number of benzene rings is 3. The minimum atomic E-state index is -0.788. The lowest BCUT2D eigenvalue weighted by atomic mass is 10.1. The highest BCUT2D eigenvalue weighted by Gasteiger charge is 2.22. The number of anilines is 2. The third-order valence-electron chi connectivity index (χ3n) is 5.99. The average molecular weight is 559 g/mol. The van der Waals surface area contributed by atoms with E-state index in [2.05, 4.69) is 10.6 Å². The molecule has 0 aliphatic carbocycles. The molecule has 0 aliphatic rings. The van der Waals surface area contributed by atoms with Crippen molar-refractivity contribution < 1.29 is 28.6 Å². The van der Waals surface area contributed by atoms with Crippen LogP contribution in [0.4, 0.5) is 10.7 Å². The van der Waals surface area contributed by atoms with E-state index in [9.17, 15) is 14.4 Å². The molecule has 0 spiro atoms. The molecule has 4 rings (SSSR count). The van der Waals surface area contributed by atoms with Crippen molar-refractivity contribution in [2.75, 3.05) is 17.2 Å². The van der Waals surface area contributed by atoms with Crippen LogP contribution >= 0.6 is 11.3 Å². The number of ether oxygens (including phenoxy) is 3. The third-order valence-corrected chi connectivity index (χ3v) is 7.11. The zero-order valence-corrected chi connectivity index (χ0v) is 23.5. The fourth-order valence-corrected chi connectivity index (χ4v) is 4.80. The summed E-state index contributed by atoms with van der Waals surface area (Å²) in [4.78, 5) is 38.9. The van der Waals surface area contributed by atoms with Gasteiger partial charge in [0.2, 0.25) is 0 Å². The second kappa shape index (κ2) is 12.9. The van der Waals surface area contributed by atoms with Crippen LogP contribution in [-0.2, 0) is 9.53 Å². The van der Waals surface area contributed by atoms with Crippen LogP contribution < -0.4 is 20.1 Å². The SMILES string of the molecule is CCOC(=O)c1c(NC(=O)c2ccc(OC(C)C(=O)Nc3ccc(Oc4ccccc4)cc3)cc2)sc(C)c1C. The molecule has 1 aromatic heterocycles. The van der Waals surface area contributed by atoms with E-state index in [1.807, 2.05) is 44.2 Å². The molecule has 40 heavy (non-hydrogen) atoms. The van der Waals surface area contributed by atoms with Crippen molar-refractivity contribution in [3.05, 3.63) is 100 Å². The van der Waals surface area contributed by atoms with Gasteiger partial charge in [-0.1, -0.05) is 18.2 Å². The van der Waals surface area contributed by atoms with Crippen LogP contribution in [0.2, 0.25) is 0 Å². The van der Waals surface area contributed by atoms with E-state index in [1.165, 1.54) is 11.3 Å². The van der Waals surface area contributed by atoms with E-state index in [0.717, 1.165) is 16.2 Å². The molecular formula is C31H30N2O6S. The van der Waals surface area contributed by atoms with Gasteiger partial charge in [0.05, 0.1) is 12.2 Å².